The molecule has 2 aromatic carbocycles. The van der Waals surface area contributed by atoms with Gasteiger partial charge in [-0.05, 0) is 31.2 Å². The van der Waals surface area contributed by atoms with Gasteiger partial charge in [0.25, 0.3) is 0 Å². The molecule has 0 aliphatic rings. The number of rotatable bonds is 5. The molecule has 0 aliphatic heterocycles. The second kappa shape index (κ2) is 7.08. The lowest BCUT2D eigenvalue weighted by Gasteiger charge is -2.11. The number of hydrogen-bond donors (Lipinski definition) is 1. The molecule has 0 aliphatic carbocycles. The second-order valence-electron chi connectivity index (χ2n) is 5.83. The minimum absolute atomic E-state index is 0.00817. The van der Waals surface area contributed by atoms with Crippen LogP contribution in [0.25, 0.3) is 5.69 Å². The van der Waals surface area contributed by atoms with Gasteiger partial charge in [-0.25, -0.2) is 4.68 Å². The molecule has 1 amide bonds. The first-order valence-corrected chi connectivity index (χ1v) is 7.97. The smallest absolute Gasteiger partial charge is 0.225 e. The van der Waals surface area contributed by atoms with Gasteiger partial charge in [-0.1, -0.05) is 48.5 Å². The Hall–Kier alpha value is -2.95. The Morgan fingerprint density at radius 3 is 2.38 bits per heavy atom. The summed E-state index contributed by atoms with van der Waals surface area (Å²) in [6.07, 6.45) is 0.364. The highest BCUT2D eigenvalue weighted by Gasteiger charge is 2.19. The summed E-state index contributed by atoms with van der Waals surface area (Å²) in [6, 6.07) is 19.3. The average Bonchev–Trinajstić information content (AvgIpc) is 2.98. The van der Waals surface area contributed by atoms with Gasteiger partial charge in [-0.3, -0.25) is 4.79 Å². The van der Waals surface area contributed by atoms with Crippen LogP contribution in [-0.2, 0) is 4.79 Å². The van der Waals surface area contributed by atoms with Crippen molar-refractivity contribution in [3.63, 3.8) is 0 Å². The van der Waals surface area contributed by atoms with Crippen molar-refractivity contribution >= 4 is 11.6 Å². The zero-order valence-electron chi connectivity index (χ0n) is 13.8. The maximum Gasteiger partial charge on any atom is 0.225 e. The summed E-state index contributed by atoms with van der Waals surface area (Å²) in [7, 11) is 0. The molecular weight excluding hydrogens is 300 g/mol. The number of carbonyl (C=O) groups is 1. The lowest BCUT2D eigenvalue weighted by Crippen LogP contribution is -2.15. The Morgan fingerprint density at radius 2 is 1.71 bits per heavy atom. The quantitative estimate of drug-likeness (QED) is 0.779. The average molecular weight is 320 g/mol. The number of hydrogen-bond acceptors (Lipinski definition) is 3. The van der Waals surface area contributed by atoms with E-state index in [0.29, 0.717) is 6.42 Å². The molecule has 0 fully saturated rings. The minimum atomic E-state index is -0.0256. The van der Waals surface area contributed by atoms with Crippen molar-refractivity contribution in [2.24, 2.45) is 0 Å². The van der Waals surface area contributed by atoms with E-state index in [1.807, 2.05) is 74.5 Å². The van der Waals surface area contributed by atoms with Crippen molar-refractivity contribution in [1.29, 1.82) is 0 Å². The monoisotopic (exact) mass is 320 g/mol. The van der Waals surface area contributed by atoms with Gasteiger partial charge in [0.1, 0.15) is 0 Å². The van der Waals surface area contributed by atoms with Crippen LogP contribution < -0.4 is 5.32 Å². The first kappa shape index (κ1) is 15.9. The largest absolute Gasteiger partial charge is 0.326 e. The Kier molecular flexibility index (Phi) is 4.70. The normalized spacial score (nSPS) is 11.9. The van der Waals surface area contributed by atoms with Crippen molar-refractivity contribution < 1.29 is 4.79 Å². The Morgan fingerprint density at radius 1 is 1.08 bits per heavy atom. The summed E-state index contributed by atoms with van der Waals surface area (Å²) in [5, 5.41) is 11.4. The van der Waals surface area contributed by atoms with Crippen LogP contribution in [0.3, 0.4) is 0 Å². The van der Waals surface area contributed by atoms with Crippen molar-refractivity contribution in [2.45, 2.75) is 26.2 Å². The molecule has 5 nitrogen and oxygen atoms in total. The Bertz CT molecular complexity index is 812. The van der Waals surface area contributed by atoms with Crippen LogP contribution >= 0.6 is 0 Å². The van der Waals surface area contributed by atoms with Crippen LogP contribution in [0.2, 0.25) is 0 Å². The molecule has 1 unspecified atom stereocenters. The maximum absolute atomic E-state index is 12.2. The summed E-state index contributed by atoms with van der Waals surface area (Å²) in [4.78, 5) is 12.2. The van der Waals surface area contributed by atoms with Gasteiger partial charge in [0.05, 0.1) is 17.1 Å². The SMILES string of the molecule is Cc1c(C(C)CC(=O)Nc2ccccc2)nnn1-c1ccccc1. The van der Waals surface area contributed by atoms with Crippen LogP contribution in [0.4, 0.5) is 5.69 Å². The summed E-state index contributed by atoms with van der Waals surface area (Å²) in [5.74, 6) is -0.0338. The lowest BCUT2D eigenvalue weighted by molar-refractivity contribution is -0.116. The molecule has 1 N–H and O–H groups in total. The number of carbonyl (C=O) groups excluding carboxylic acids is 1. The summed E-state index contributed by atoms with van der Waals surface area (Å²) in [5.41, 5.74) is 3.58. The highest BCUT2D eigenvalue weighted by molar-refractivity contribution is 5.91. The van der Waals surface area contributed by atoms with Gasteiger partial charge in [0.15, 0.2) is 0 Å². The predicted octanol–water partition coefficient (Wildman–Crippen LogP) is 3.71. The fourth-order valence-corrected chi connectivity index (χ4v) is 2.72. The second-order valence-corrected chi connectivity index (χ2v) is 5.83. The molecule has 0 radical (unpaired) electrons. The third-order valence-electron chi connectivity index (χ3n) is 3.95. The van der Waals surface area contributed by atoms with Crippen molar-refractivity contribution in [3.8, 4) is 5.69 Å². The first-order chi connectivity index (χ1) is 11.6. The third kappa shape index (κ3) is 3.51. The molecule has 24 heavy (non-hydrogen) atoms. The summed E-state index contributed by atoms with van der Waals surface area (Å²) in [6.45, 7) is 3.98. The van der Waals surface area contributed by atoms with E-state index in [9.17, 15) is 4.79 Å². The number of nitrogens with one attached hydrogen (secondary N) is 1. The highest BCUT2D eigenvalue weighted by Crippen LogP contribution is 2.22. The van der Waals surface area contributed by atoms with Crippen LogP contribution in [0.15, 0.2) is 60.7 Å². The first-order valence-electron chi connectivity index (χ1n) is 7.97. The van der Waals surface area contributed by atoms with Crippen molar-refractivity contribution in [3.05, 3.63) is 72.1 Å². The number of benzene rings is 2. The van der Waals surface area contributed by atoms with E-state index in [0.717, 1.165) is 22.8 Å². The Labute approximate surface area is 141 Å². The molecule has 0 saturated carbocycles. The van der Waals surface area contributed by atoms with Gasteiger partial charge in [0.2, 0.25) is 5.91 Å². The molecule has 5 heteroatoms. The molecule has 3 aromatic rings. The van der Waals surface area contributed by atoms with Crippen LogP contribution in [-0.4, -0.2) is 20.9 Å². The summed E-state index contributed by atoms with van der Waals surface area (Å²) < 4.78 is 1.81. The predicted molar refractivity (Wildman–Crippen MR) is 94.2 cm³/mol. The van der Waals surface area contributed by atoms with E-state index in [1.165, 1.54) is 0 Å². The van der Waals surface area contributed by atoms with E-state index < -0.39 is 0 Å². The molecule has 1 aromatic heterocycles. The van der Waals surface area contributed by atoms with Gasteiger partial charge >= 0.3 is 0 Å². The standard InChI is InChI=1S/C19H20N4O/c1-14(13-18(24)20-16-9-5-3-6-10-16)19-15(2)23(22-21-19)17-11-7-4-8-12-17/h3-12,14H,13H2,1-2H3,(H,20,24). The van der Waals surface area contributed by atoms with Crippen LogP contribution in [0.1, 0.15) is 30.7 Å². The fourth-order valence-electron chi connectivity index (χ4n) is 2.72. The third-order valence-corrected chi connectivity index (χ3v) is 3.95. The van der Waals surface area contributed by atoms with E-state index in [-0.39, 0.29) is 11.8 Å². The highest BCUT2D eigenvalue weighted by atomic mass is 16.1. The molecule has 1 atom stereocenters. The molecule has 122 valence electrons. The van der Waals surface area contributed by atoms with E-state index in [2.05, 4.69) is 15.6 Å². The maximum atomic E-state index is 12.2. The lowest BCUT2D eigenvalue weighted by atomic mass is 10.0. The van der Waals surface area contributed by atoms with Gasteiger partial charge in [-0.15, -0.1) is 5.10 Å². The van der Waals surface area contributed by atoms with Gasteiger partial charge in [0, 0.05) is 18.0 Å². The van der Waals surface area contributed by atoms with Crippen LogP contribution in [0, 0.1) is 6.92 Å². The van der Waals surface area contributed by atoms with E-state index in [1.54, 1.807) is 4.68 Å². The van der Waals surface area contributed by atoms with Gasteiger partial charge < -0.3 is 5.32 Å². The summed E-state index contributed by atoms with van der Waals surface area (Å²) >= 11 is 0. The molecule has 0 bridgehead atoms. The Balaban J connectivity index is 1.70. The van der Waals surface area contributed by atoms with E-state index >= 15 is 0 Å². The number of para-hydroxylation sites is 2. The molecular formula is C19H20N4O. The van der Waals surface area contributed by atoms with Crippen LogP contribution in [0.5, 0.6) is 0 Å². The van der Waals surface area contributed by atoms with Gasteiger partial charge in [-0.2, -0.15) is 0 Å². The van der Waals surface area contributed by atoms with Crippen molar-refractivity contribution in [1.82, 2.24) is 15.0 Å². The molecule has 0 spiro atoms. The molecule has 3 rings (SSSR count). The number of nitrogens with zero attached hydrogens (tertiary/aromatic N) is 3. The zero-order valence-corrected chi connectivity index (χ0v) is 13.8. The van der Waals surface area contributed by atoms with E-state index in [4.69, 9.17) is 0 Å². The molecule has 1 heterocycles. The fraction of sp³-hybridized carbons (Fsp3) is 0.211. The zero-order chi connectivity index (χ0) is 16.9. The number of anilines is 1. The minimum Gasteiger partial charge on any atom is -0.326 e. The van der Waals surface area contributed by atoms with Crippen molar-refractivity contribution in [2.75, 3.05) is 5.32 Å². The molecule has 0 saturated heterocycles. The number of amides is 1. The number of aromatic nitrogens is 3. The topological polar surface area (TPSA) is 59.8 Å².